The molecule has 0 aliphatic heterocycles. The molecule has 1 aromatic heterocycles. The van der Waals surface area contributed by atoms with Gasteiger partial charge in [-0.05, 0) is 30.7 Å². The van der Waals surface area contributed by atoms with E-state index in [4.69, 9.17) is 5.26 Å². The molecule has 2 rings (SSSR count). The number of rotatable bonds is 3. The number of aryl methyl sites for hydroxylation is 1. The molecule has 18 heavy (non-hydrogen) atoms. The Morgan fingerprint density at radius 3 is 2.78 bits per heavy atom. The number of benzene rings is 1. The summed E-state index contributed by atoms with van der Waals surface area (Å²) < 4.78 is 26.5. The molecule has 0 fully saturated rings. The van der Waals surface area contributed by atoms with Gasteiger partial charge in [-0.1, -0.05) is 11.3 Å². The van der Waals surface area contributed by atoms with Gasteiger partial charge in [0.1, 0.15) is 5.51 Å². The highest BCUT2D eigenvalue weighted by Gasteiger charge is 2.18. The molecule has 0 saturated heterocycles. The van der Waals surface area contributed by atoms with Crippen molar-refractivity contribution in [2.75, 3.05) is 4.72 Å². The molecule has 0 bridgehead atoms. The van der Waals surface area contributed by atoms with E-state index in [2.05, 4.69) is 14.9 Å². The SMILES string of the molecule is Cc1cc(C#N)ccc1S(=O)(=O)Nc1nncs1. The van der Waals surface area contributed by atoms with Gasteiger partial charge in [-0.3, -0.25) is 4.72 Å². The maximum absolute atomic E-state index is 12.1. The number of nitrogens with one attached hydrogen (secondary N) is 1. The molecule has 0 aliphatic carbocycles. The lowest BCUT2D eigenvalue weighted by Crippen LogP contribution is -2.14. The van der Waals surface area contributed by atoms with Crippen molar-refractivity contribution in [2.24, 2.45) is 0 Å². The monoisotopic (exact) mass is 280 g/mol. The summed E-state index contributed by atoms with van der Waals surface area (Å²) in [6.45, 7) is 1.63. The van der Waals surface area contributed by atoms with Crippen LogP contribution in [0.1, 0.15) is 11.1 Å². The van der Waals surface area contributed by atoms with Gasteiger partial charge >= 0.3 is 0 Å². The van der Waals surface area contributed by atoms with E-state index in [1.807, 2.05) is 6.07 Å². The number of nitriles is 1. The van der Waals surface area contributed by atoms with Crippen molar-refractivity contribution in [2.45, 2.75) is 11.8 Å². The first kappa shape index (κ1) is 12.5. The lowest BCUT2D eigenvalue weighted by atomic mass is 10.2. The number of sulfonamides is 1. The minimum absolute atomic E-state index is 0.122. The van der Waals surface area contributed by atoms with Gasteiger partial charge in [0.2, 0.25) is 5.13 Å². The van der Waals surface area contributed by atoms with Crippen molar-refractivity contribution in [1.29, 1.82) is 5.26 Å². The summed E-state index contributed by atoms with van der Waals surface area (Å²) in [5.74, 6) is 0. The predicted octanol–water partition coefficient (Wildman–Crippen LogP) is 1.52. The van der Waals surface area contributed by atoms with Gasteiger partial charge in [0.25, 0.3) is 10.0 Å². The molecule has 0 radical (unpaired) electrons. The van der Waals surface area contributed by atoms with Crippen LogP contribution in [0.15, 0.2) is 28.6 Å². The van der Waals surface area contributed by atoms with Crippen molar-refractivity contribution >= 4 is 26.5 Å². The van der Waals surface area contributed by atoms with Gasteiger partial charge in [-0.25, -0.2) is 8.42 Å². The lowest BCUT2D eigenvalue weighted by Gasteiger charge is -2.07. The molecule has 0 spiro atoms. The van der Waals surface area contributed by atoms with Crippen LogP contribution in [0.2, 0.25) is 0 Å². The van der Waals surface area contributed by atoms with E-state index in [0.29, 0.717) is 11.1 Å². The maximum atomic E-state index is 12.1. The molecule has 1 aromatic carbocycles. The van der Waals surface area contributed by atoms with Crippen LogP contribution in [0.4, 0.5) is 5.13 Å². The molecule has 2 aromatic rings. The Morgan fingerprint density at radius 1 is 1.44 bits per heavy atom. The summed E-state index contributed by atoms with van der Waals surface area (Å²) in [6, 6.07) is 6.34. The fourth-order valence-corrected chi connectivity index (χ4v) is 3.33. The third-order valence-electron chi connectivity index (χ3n) is 2.18. The zero-order valence-corrected chi connectivity index (χ0v) is 10.9. The van der Waals surface area contributed by atoms with Crippen LogP contribution >= 0.6 is 11.3 Å². The van der Waals surface area contributed by atoms with Gasteiger partial charge in [-0.15, -0.1) is 10.2 Å². The average Bonchev–Trinajstić information content (AvgIpc) is 2.80. The van der Waals surface area contributed by atoms with Gasteiger partial charge in [-0.2, -0.15) is 5.26 Å². The largest absolute Gasteiger partial charge is 0.263 e. The standard InChI is InChI=1S/C10H8N4O2S2/c1-7-4-8(5-11)2-3-9(7)18(15,16)14-10-13-12-6-17-10/h2-4,6H,1H3,(H,13,14). The molecule has 0 amide bonds. The fraction of sp³-hybridized carbons (Fsp3) is 0.100. The topological polar surface area (TPSA) is 95.7 Å². The molecule has 1 N–H and O–H groups in total. The quantitative estimate of drug-likeness (QED) is 0.919. The molecule has 92 valence electrons. The van der Waals surface area contributed by atoms with E-state index in [1.165, 1.54) is 23.7 Å². The zero-order chi connectivity index (χ0) is 13.2. The highest BCUT2D eigenvalue weighted by molar-refractivity contribution is 7.93. The van der Waals surface area contributed by atoms with Crippen LogP contribution < -0.4 is 4.72 Å². The second-order valence-corrected chi connectivity index (χ2v) is 5.93. The van der Waals surface area contributed by atoms with Crippen LogP contribution in [0.5, 0.6) is 0 Å². The zero-order valence-electron chi connectivity index (χ0n) is 9.28. The van der Waals surface area contributed by atoms with E-state index in [-0.39, 0.29) is 10.0 Å². The minimum atomic E-state index is -3.69. The van der Waals surface area contributed by atoms with E-state index >= 15 is 0 Å². The number of hydrogen-bond acceptors (Lipinski definition) is 6. The first-order valence-corrected chi connectivity index (χ1v) is 7.19. The first-order chi connectivity index (χ1) is 8.53. The first-order valence-electron chi connectivity index (χ1n) is 4.82. The van der Waals surface area contributed by atoms with Crippen LogP contribution in [0, 0.1) is 18.3 Å². The van der Waals surface area contributed by atoms with E-state index in [9.17, 15) is 8.42 Å². The Kier molecular flexibility index (Phi) is 3.27. The van der Waals surface area contributed by atoms with Crippen LogP contribution in [-0.2, 0) is 10.0 Å². The summed E-state index contributed by atoms with van der Waals surface area (Å²) in [4.78, 5) is 0.122. The van der Waals surface area contributed by atoms with Gasteiger partial charge in [0, 0.05) is 0 Å². The Morgan fingerprint density at radius 2 is 2.22 bits per heavy atom. The Hall–Kier alpha value is -1.98. The Balaban J connectivity index is 2.39. The number of aromatic nitrogens is 2. The molecule has 8 heteroatoms. The number of anilines is 1. The van der Waals surface area contributed by atoms with Crippen LogP contribution in [0.25, 0.3) is 0 Å². The summed E-state index contributed by atoms with van der Waals surface area (Å²) >= 11 is 1.09. The Bertz CT molecular complexity index is 702. The minimum Gasteiger partial charge on any atom is -0.253 e. The second kappa shape index (κ2) is 4.72. The summed E-state index contributed by atoms with van der Waals surface area (Å²) in [6.07, 6.45) is 0. The molecule has 1 heterocycles. The van der Waals surface area contributed by atoms with Crippen molar-refractivity contribution < 1.29 is 8.42 Å². The summed E-state index contributed by atoms with van der Waals surface area (Å²) in [7, 11) is -3.69. The third kappa shape index (κ3) is 2.47. The van der Waals surface area contributed by atoms with Crippen LogP contribution in [0.3, 0.4) is 0 Å². The highest BCUT2D eigenvalue weighted by Crippen LogP contribution is 2.20. The van der Waals surface area contributed by atoms with E-state index in [1.54, 1.807) is 6.92 Å². The third-order valence-corrected chi connectivity index (χ3v) is 4.41. The van der Waals surface area contributed by atoms with E-state index in [0.717, 1.165) is 11.3 Å². The van der Waals surface area contributed by atoms with Crippen molar-refractivity contribution in [3.63, 3.8) is 0 Å². The fourth-order valence-electron chi connectivity index (χ4n) is 1.41. The van der Waals surface area contributed by atoms with Gasteiger partial charge in [0.15, 0.2) is 0 Å². The highest BCUT2D eigenvalue weighted by atomic mass is 32.2. The van der Waals surface area contributed by atoms with Crippen molar-refractivity contribution in [3.05, 3.63) is 34.8 Å². The molecule has 0 unspecified atom stereocenters. The van der Waals surface area contributed by atoms with Crippen molar-refractivity contribution in [1.82, 2.24) is 10.2 Å². The smallest absolute Gasteiger partial charge is 0.253 e. The maximum Gasteiger partial charge on any atom is 0.263 e. The summed E-state index contributed by atoms with van der Waals surface area (Å²) in [5.41, 5.74) is 2.36. The Labute approximate surface area is 108 Å². The molecule has 0 atom stereocenters. The number of nitrogens with zero attached hydrogens (tertiary/aromatic N) is 3. The molecular weight excluding hydrogens is 272 g/mol. The number of hydrogen-bond donors (Lipinski definition) is 1. The van der Waals surface area contributed by atoms with Gasteiger partial charge in [0.05, 0.1) is 16.5 Å². The molecule has 0 aliphatic rings. The average molecular weight is 280 g/mol. The van der Waals surface area contributed by atoms with E-state index < -0.39 is 10.0 Å². The predicted molar refractivity (Wildman–Crippen MR) is 66.6 cm³/mol. The van der Waals surface area contributed by atoms with Crippen LogP contribution in [-0.4, -0.2) is 18.6 Å². The molecule has 0 saturated carbocycles. The molecular formula is C10H8N4O2S2. The lowest BCUT2D eigenvalue weighted by molar-refractivity contribution is 0.600. The van der Waals surface area contributed by atoms with Gasteiger partial charge < -0.3 is 0 Å². The molecule has 6 nitrogen and oxygen atoms in total. The van der Waals surface area contributed by atoms with Crippen molar-refractivity contribution in [3.8, 4) is 6.07 Å². The normalized spacial score (nSPS) is 10.9. The summed E-state index contributed by atoms with van der Waals surface area (Å²) in [5, 5.41) is 16.1. The second-order valence-electron chi connectivity index (χ2n) is 3.44.